The molecule has 0 saturated carbocycles. The molecule has 0 unspecified atom stereocenters. The maximum atomic E-state index is 13.0. The molecule has 1 aromatic carbocycles. The van der Waals surface area contributed by atoms with Crippen molar-refractivity contribution >= 4 is 11.9 Å². The van der Waals surface area contributed by atoms with Crippen molar-refractivity contribution in [1.29, 1.82) is 0 Å². The Hall–Kier alpha value is -2.24. The SMILES string of the molecule is COc1cc(C)c(C)cc1C(=O)N1CCCN(C(=O)NC(C)C)CC1. The lowest BCUT2D eigenvalue weighted by atomic mass is 10.0. The van der Waals surface area contributed by atoms with Crippen LogP contribution in [0.5, 0.6) is 5.75 Å². The van der Waals surface area contributed by atoms with Crippen LogP contribution >= 0.6 is 0 Å². The number of hydrogen-bond acceptors (Lipinski definition) is 3. The van der Waals surface area contributed by atoms with Gasteiger partial charge in [-0.05, 0) is 57.4 Å². The Bertz CT molecular complexity index is 643. The Morgan fingerprint density at radius 1 is 1.04 bits per heavy atom. The van der Waals surface area contributed by atoms with Gasteiger partial charge in [0.05, 0.1) is 12.7 Å². The summed E-state index contributed by atoms with van der Waals surface area (Å²) >= 11 is 0. The number of aryl methyl sites for hydroxylation is 2. The van der Waals surface area contributed by atoms with Gasteiger partial charge in [-0.3, -0.25) is 4.79 Å². The monoisotopic (exact) mass is 347 g/mol. The first-order valence-electron chi connectivity index (χ1n) is 8.83. The van der Waals surface area contributed by atoms with Crippen molar-refractivity contribution in [2.45, 2.75) is 40.2 Å². The van der Waals surface area contributed by atoms with E-state index in [0.717, 1.165) is 17.5 Å². The molecule has 25 heavy (non-hydrogen) atoms. The van der Waals surface area contributed by atoms with Crippen molar-refractivity contribution in [3.05, 3.63) is 28.8 Å². The normalized spacial score (nSPS) is 15.1. The highest BCUT2D eigenvalue weighted by Crippen LogP contribution is 2.25. The summed E-state index contributed by atoms with van der Waals surface area (Å²) in [5, 5.41) is 2.91. The molecular weight excluding hydrogens is 318 g/mol. The van der Waals surface area contributed by atoms with E-state index in [-0.39, 0.29) is 18.0 Å². The predicted molar refractivity (Wildman–Crippen MR) is 98.2 cm³/mol. The maximum Gasteiger partial charge on any atom is 0.317 e. The number of carbonyl (C=O) groups is 2. The topological polar surface area (TPSA) is 61.9 Å². The molecule has 0 spiro atoms. The number of ether oxygens (including phenoxy) is 1. The Kier molecular flexibility index (Phi) is 6.28. The van der Waals surface area contributed by atoms with Crippen LogP contribution in [-0.2, 0) is 0 Å². The smallest absolute Gasteiger partial charge is 0.317 e. The highest BCUT2D eigenvalue weighted by atomic mass is 16.5. The van der Waals surface area contributed by atoms with Crippen LogP contribution in [0, 0.1) is 13.8 Å². The summed E-state index contributed by atoms with van der Waals surface area (Å²) < 4.78 is 5.41. The van der Waals surface area contributed by atoms with Gasteiger partial charge in [0.1, 0.15) is 5.75 Å². The van der Waals surface area contributed by atoms with Gasteiger partial charge in [-0.25, -0.2) is 4.79 Å². The largest absolute Gasteiger partial charge is 0.496 e. The average molecular weight is 347 g/mol. The summed E-state index contributed by atoms with van der Waals surface area (Å²) in [4.78, 5) is 28.8. The lowest BCUT2D eigenvalue weighted by molar-refractivity contribution is 0.0758. The first-order valence-corrected chi connectivity index (χ1v) is 8.83. The summed E-state index contributed by atoms with van der Waals surface area (Å²) in [6, 6.07) is 3.84. The van der Waals surface area contributed by atoms with Crippen LogP contribution in [-0.4, -0.2) is 61.1 Å². The molecule has 1 aliphatic heterocycles. The molecule has 1 saturated heterocycles. The summed E-state index contributed by atoms with van der Waals surface area (Å²) in [6.45, 7) is 10.2. The van der Waals surface area contributed by atoms with E-state index in [0.29, 0.717) is 37.5 Å². The van der Waals surface area contributed by atoms with E-state index in [1.807, 2.05) is 44.7 Å². The fourth-order valence-electron chi connectivity index (χ4n) is 2.96. The van der Waals surface area contributed by atoms with E-state index in [4.69, 9.17) is 4.74 Å². The maximum absolute atomic E-state index is 13.0. The Morgan fingerprint density at radius 2 is 1.64 bits per heavy atom. The second-order valence-corrected chi connectivity index (χ2v) is 6.87. The number of carbonyl (C=O) groups excluding carboxylic acids is 2. The van der Waals surface area contributed by atoms with Crippen molar-refractivity contribution in [2.24, 2.45) is 0 Å². The van der Waals surface area contributed by atoms with E-state index in [1.54, 1.807) is 12.0 Å². The number of nitrogens with zero attached hydrogens (tertiary/aromatic N) is 2. The molecule has 6 nitrogen and oxygen atoms in total. The number of hydrogen-bond donors (Lipinski definition) is 1. The molecule has 6 heteroatoms. The highest BCUT2D eigenvalue weighted by molar-refractivity contribution is 5.97. The number of rotatable bonds is 3. The van der Waals surface area contributed by atoms with E-state index in [9.17, 15) is 9.59 Å². The predicted octanol–water partition coefficient (Wildman–Crippen LogP) is 2.58. The first kappa shape index (κ1) is 19.1. The van der Waals surface area contributed by atoms with E-state index in [2.05, 4.69) is 5.32 Å². The zero-order valence-electron chi connectivity index (χ0n) is 15.9. The molecule has 0 bridgehead atoms. The minimum Gasteiger partial charge on any atom is -0.496 e. The van der Waals surface area contributed by atoms with E-state index in [1.165, 1.54) is 0 Å². The van der Waals surface area contributed by atoms with Crippen LogP contribution in [0.2, 0.25) is 0 Å². The van der Waals surface area contributed by atoms with Gasteiger partial charge >= 0.3 is 6.03 Å². The summed E-state index contributed by atoms with van der Waals surface area (Å²) in [7, 11) is 1.58. The molecule has 1 fully saturated rings. The second kappa shape index (κ2) is 8.23. The highest BCUT2D eigenvalue weighted by Gasteiger charge is 2.25. The number of amides is 3. The van der Waals surface area contributed by atoms with Gasteiger partial charge in [0, 0.05) is 32.2 Å². The van der Waals surface area contributed by atoms with Crippen LogP contribution in [0.1, 0.15) is 41.8 Å². The Morgan fingerprint density at radius 3 is 2.28 bits per heavy atom. The molecule has 1 N–H and O–H groups in total. The molecule has 0 aliphatic carbocycles. The third kappa shape index (κ3) is 4.65. The van der Waals surface area contributed by atoms with Gasteiger partial charge in [-0.1, -0.05) is 0 Å². The quantitative estimate of drug-likeness (QED) is 0.914. The Labute approximate surface area is 150 Å². The molecule has 1 heterocycles. The molecule has 1 aromatic rings. The van der Waals surface area contributed by atoms with Crippen LogP contribution in [0.15, 0.2) is 12.1 Å². The lowest BCUT2D eigenvalue weighted by Gasteiger charge is -2.24. The number of methoxy groups -OCH3 is 1. The van der Waals surface area contributed by atoms with Crippen LogP contribution in [0.3, 0.4) is 0 Å². The van der Waals surface area contributed by atoms with Crippen molar-refractivity contribution in [1.82, 2.24) is 15.1 Å². The first-order chi connectivity index (χ1) is 11.8. The lowest BCUT2D eigenvalue weighted by Crippen LogP contribution is -2.44. The number of urea groups is 1. The van der Waals surface area contributed by atoms with E-state index < -0.39 is 0 Å². The number of benzene rings is 1. The van der Waals surface area contributed by atoms with Gasteiger partial charge in [-0.2, -0.15) is 0 Å². The second-order valence-electron chi connectivity index (χ2n) is 6.87. The molecule has 0 radical (unpaired) electrons. The van der Waals surface area contributed by atoms with Gasteiger partial charge in [-0.15, -0.1) is 0 Å². The summed E-state index contributed by atoms with van der Waals surface area (Å²) in [5.41, 5.74) is 2.75. The standard InChI is InChI=1S/C19H29N3O3/c1-13(2)20-19(24)22-8-6-7-21(9-10-22)18(23)16-11-14(3)15(4)12-17(16)25-5/h11-13H,6-10H2,1-5H3,(H,20,24). The molecule has 2 rings (SSSR count). The third-order valence-corrected chi connectivity index (χ3v) is 4.53. The Balaban J connectivity index is 2.11. The minimum atomic E-state index is -0.0620. The van der Waals surface area contributed by atoms with Crippen molar-refractivity contribution in [3.63, 3.8) is 0 Å². The van der Waals surface area contributed by atoms with Gasteiger partial charge in [0.15, 0.2) is 0 Å². The summed E-state index contributed by atoms with van der Waals surface area (Å²) in [5.74, 6) is 0.567. The van der Waals surface area contributed by atoms with E-state index >= 15 is 0 Å². The number of nitrogens with one attached hydrogen (secondary N) is 1. The average Bonchev–Trinajstić information content (AvgIpc) is 2.81. The molecular formula is C19H29N3O3. The van der Waals surface area contributed by atoms with Crippen molar-refractivity contribution in [2.75, 3.05) is 33.3 Å². The van der Waals surface area contributed by atoms with Gasteiger partial charge in [0.2, 0.25) is 0 Å². The molecule has 3 amide bonds. The zero-order valence-corrected chi connectivity index (χ0v) is 15.9. The van der Waals surface area contributed by atoms with Crippen LogP contribution in [0.4, 0.5) is 4.79 Å². The molecule has 0 atom stereocenters. The minimum absolute atomic E-state index is 0.0360. The van der Waals surface area contributed by atoms with Crippen LogP contribution in [0.25, 0.3) is 0 Å². The zero-order chi connectivity index (χ0) is 18.6. The molecule has 1 aliphatic rings. The fraction of sp³-hybridized carbons (Fsp3) is 0.579. The fourth-order valence-corrected chi connectivity index (χ4v) is 2.96. The van der Waals surface area contributed by atoms with Gasteiger partial charge < -0.3 is 19.9 Å². The third-order valence-electron chi connectivity index (χ3n) is 4.53. The van der Waals surface area contributed by atoms with Crippen molar-refractivity contribution < 1.29 is 14.3 Å². The molecule has 0 aromatic heterocycles. The summed E-state index contributed by atoms with van der Waals surface area (Å²) in [6.07, 6.45) is 0.768. The van der Waals surface area contributed by atoms with Crippen molar-refractivity contribution in [3.8, 4) is 5.75 Å². The molecule has 138 valence electrons. The van der Waals surface area contributed by atoms with Gasteiger partial charge in [0.25, 0.3) is 5.91 Å². The van der Waals surface area contributed by atoms with Crippen LogP contribution < -0.4 is 10.1 Å².